The zero-order valence-corrected chi connectivity index (χ0v) is 10.5. The van der Waals surface area contributed by atoms with Gasteiger partial charge in [-0.25, -0.2) is 19.9 Å². The third-order valence-electron chi connectivity index (χ3n) is 3.86. The molecule has 4 N–H and O–H groups in total. The van der Waals surface area contributed by atoms with Gasteiger partial charge in [0.1, 0.15) is 12.7 Å². The summed E-state index contributed by atoms with van der Waals surface area (Å²) in [5.41, 5.74) is 14.0. The first-order chi connectivity index (χ1) is 9.22. The summed E-state index contributed by atoms with van der Waals surface area (Å²) in [7, 11) is 0. The lowest BCUT2D eigenvalue weighted by atomic mass is 9.81. The van der Waals surface area contributed by atoms with Gasteiger partial charge >= 0.3 is 0 Å². The van der Waals surface area contributed by atoms with Crippen molar-refractivity contribution in [1.82, 2.24) is 19.9 Å². The molecular formula is C13H16N6. The minimum Gasteiger partial charge on any atom is -0.327 e. The lowest BCUT2D eigenvalue weighted by Crippen LogP contribution is -2.44. The van der Waals surface area contributed by atoms with Crippen molar-refractivity contribution in [3.05, 3.63) is 48.6 Å². The average Bonchev–Trinajstić information content (AvgIpc) is 2.78. The van der Waals surface area contributed by atoms with Gasteiger partial charge in [-0.2, -0.15) is 0 Å². The van der Waals surface area contributed by atoms with E-state index in [0.717, 1.165) is 24.2 Å². The minimum absolute atomic E-state index is 0.0186. The summed E-state index contributed by atoms with van der Waals surface area (Å²) in [4.78, 5) is 16.5. The highest BCUT2D eigenvalue weighted by molar-refractivity contribution is 5.28. The molecule has 6 heteroatoms. The lowest BCUT2D eigenvalue weighted by molar-refractivity contribution is 0.374. The van der Waals surface area contributed by atoms with Gasteiger partial charge in [0.25, 0.3) is 0 Å². The summed E-state index contributed by atoms with van der Waals surface area (Å²) in [6.45, 7) is 0. The van der Waals surface area contributed by atoms with E-state index in [1.54, 1.807) is 12.4 Å². The highest BCUT2D eigenvalue weighted by Crippen LogP contribution is 2.45. The normalized spacial score (nSPS) is 30.4. The summed E-state index contributed by atoms with van der Waals surface area (Å²) >= 11 is 0. The molecule has 3 atom stereocenters. The van der Waals surface area contributed by atoms with E-state index in [4.69, 9.17) is 11.5 Å². The van der Waals surface area contributed by atoms with Gasteiger partial charge in [-0.15, -0.1) is 0 Å². The first kappa shape index (κ1) is 12.1. The van der Waals surface area contributed by atoms with Crippen molar-refractivity contribution in [2.24, 2.45) is 11.5 Å². The Balaban J connectivity index is 2.06. The van der Waals surface area contributed by atoms with Crippen molar-refractivity contribution in [1.29, 1.82) is 0 Å². The molecule has 1 saturated carbocycles. The molecule has 3 unspecified atom stereocenters. The molecule has 0 spiro atoms. The van der Waals surface area contributed by atoms with Crippen LogP contribution in [0.5, 0.6) is 0 Å². The van der Waals surface area contributed by atoms with E-state index in [9.17, 15) is 0 Å². The number of nitrogens with zero attached hydrogens (tertiary/aromatic N) is 4. The molecule has 6 nitrogen and oxygen atoms in total. The largest absolute Gasteiger partial charge is 0.327 e. The van der Waals surface area contributed by atoms with Crippen LogP contribution < -0.4 is 11.5 Å². The standard InChI is InChI=1S/C13H16N6/c14-9-1-4-13(15,11-3-6-17-8-19-11)12(9)10-2-5-16-7-18-10/h2-3,5-9,12H,1,4,14-15H2. The fourth-order valence-corrected chi connectivity index (χ4v) is 2.93. The second-order valence-electron chi connectivity index (χ2n) is 4.95. The van der Waals surface area contributed by atoms with Gasteiger partial charge in [0.05, 0.1) is 16.9 Å². The van der Waals surface area contributed by atoms with E-state index >= 15 is 0 Å². The topological polar surface area (TPSA) is 104 Å². The predicted octanol–water partition coefficient (Wildman–Crippen LogP) is 0.325. The monoisotopic (exact) mass is 256 g/mol. The van der Waals surface area contributed by atoms with Crippen molar-refractivity contribution in [2.45, 2.75) is 30.3 Å². The summed E-state index contributed by atoms with van der Waals surface area (Å²) in [5.74, 6) is -0.0506. The van der Waals surface area contributed by atoms with E-state index in [-0.39, 0.29) is 12.0 Å². The average molecular weight is 256 g/mol. The smallest absolute Gasteiger partial charge is 0.115 e. The van der Waals surface area contributed by atoms with E-state index in [1.807, 2.05) is 12.1 Å². The van der Waals surface area contributed by atoms with E-state index in [1.165, 1.54) is 12.7 Å². The van der Waals surface area contributed by atoms with Gasteiger partial charge in [-0.1, -0.05) is 0 Å². The Labute approximate surface area is 111 Å². The Bertz CT molecular complexity index is 546. The third-order valence-corrected chi connectivity index (χ3v) is 3.86. The van der Waals surface area contributed by atoms with Crippen molar-refractivity contribution in [3.8, 4) is 0 Å². The molecule has 0 saturated heterocycles. The quantitative estimate of drug-likeness (QED) is 0.802. The molecule has 2 aromatic rings. The highest BCUT2D eigenvalue weighted by atomic mass is 15.0. The molecule has 2 aromatic heterocycles. The van der Waals surface area contributed by atoms with Gasteiger partial charge in [0, 0.05) is 24.4 Å². The van der Waals surface area contributed by atoms with Crippen LogP contribution in [0.1, 0.15) is 30.1 Å². The molecular weight excluding hydrogens is 240 g/mol. The Hall–Kier alpha value is -1.92. The van der Waals surface area contributed by atoms with Crippen LogP contribution in [0.25, 0.3) is 0 Å². The van der Waals surface area contributed by atoms with Crippen LogP contribution in [0.2, 0.25) is 0 Å². The van der Waals surface area contributed by atoms with Gasteiger partial charge < -0.3 is 11.5 Å². The molecule has 98 valence electrons. The molecule has 0 bridgehead atoms. The SMILES string of the molecule is NC1CCC(N)(c2ccncn2)C1c1ccncn1. The van der Waals surface area contributed by atoms with Gasteiger partial charge in [-0.05, 0) is 25.0 Å². The molecule has 0 aliphatic heterocycles. The van der Waals surface area contributed by atoms with Gasteiger partial charge in [0.15, 0.2) is 0 Å². The van der Waals surface area contributed by atoms with Crippen molar-refractivity contribution < 1.29 is 0 Å². The maximum atomic E-state index is 6.62. The Morgan fingerprint density at radius 2 is 1.84 bits per heavy atom. The number of aromatic nitrogens is 4. The van der Waals surface area contributed by atoms with Crippen molar-refractivity contribution >= 4 is 0 Å². The zero-order valence-electron chi connectivity index (χ0n) is 10.5. The second kappa shape index (κ2) is 4.64. The fraction of sp³-hybridized carbons (Fsp3) is 0.385. The summed E-state index contributed by atoms with van der Waals surface area (Å²) in [5, 5.41) is 0. The van der Waals surface area contributed by atoms with E-state index < -0.39 is 5.54 Å². The minimum atomic E-state index is -0.587. The van der Waals surface area contributed by atoms with Crippen LogP contribution in [-0.4, -0.2) is 26.0 Å². The van der Waals surface area contributed by atoms with Crippen LogP contribution >= 0.6 is 0 Å². The molecule has 0 amide bonds. The molecule has 0 radical (unpaired) electrons. The molecule has 1 fully saturated rings. The summed E-state index contributed by atoms with van der Waals surface area (Å²) < 4.78 is 0. The van der Waals surface area contributed by atoms with Crippen LogP contribution in [0.4, 0.5) is 0 Å². The third kappa shape index (κ3) is 1.98. The van der Waals surface area contributed by atoms with Crippen LogP contribution in [0.15, 0.2) is 37.2 Å². The molecule has 19 heavy (non-hydrogen) atoms. The van der Waals surface area contributed by atoms with Gasteiger partial charge in [-0.3, -0.25) is 0 Å². The molecule has 1 aliphatic rings. The lowest BCUT2D eigenvalue weighted by Gasteiger charge is -2.32. The first-order valence-electron chi connectivity index (χ1n) is 6.28. The van der Waals surface area contributed by atoms with Crippen molar-refractivity contribution in [2.75, 3.05) is 0 Å². The fourth-order valence-electron chi connectivity index (χ4n) is 2.93. The first-order valence-corrected chi connectivity index (χ1v) is 6.28. The number of hydrogen-bond donors (Lipinski definition) is 2. The maximum absolute atomic E-state index is 6.62. The van der Waals surface area contributed by atoms with Crippen LogP contribution in [0.3, 0.4) is 0 Å². The number of nitrogens with two attached hydrogens (primary N) is 2. The Morgan fingerprint density at radius 3 is 2.47 bits per heavy atom. The molecule has 3 rings (SSSR count). The van der Waals surface area contributed by atoms with Crippen molar-refractivity contribution in [3.63, 3.8) is 0 Å². The van der Waals surface area contributed by atoms with Gasteiger partial charge in [0.2, 0.25) is 0 Å². The highest BCUT2D eigenvalue weighted by Gasteiger charge is 2.48. The number of rotatable bonds is 2. The zero-order chi connectivity index (χ0) is 13.3. The second-order valence-corrected chi connectivity index (χ2v) is 4.95. The molecule has 1 aliphatic carbocycles. The van der Waals surface area contributed by atoms with Crippen LogP contribution in [0, 0.1) is 0 Å². The Morgan fingerprint density at radius 1 is 1.11 bits per heavy atom. The van der Waals surface area contributed by atoms with E-state index in [2.05, 4.69) is 19.9 Å². The number of hydrogen-bond acceptors (Lipinski definition) is 6. The summed E-state index contributed by atoms with van der Waals surface area (Å²) in [6.07, 6.45) is 8.12. The summed E-state index contributed by atoms with van der Waals surface area (Å²) in [6, 6.07) is 3.71. The Kier molecular flexibility index (Phi) is 2.96. The maximum Gasteiger partial charge on any atom is 0.115 e. The molecule has 0 aromatic carbocycles. The predicted molar refractivity (Wildman–Crippen MR) is 69.9 cm³/mol. The van der Waals surface area contributed by atoms with E-state index in [0.29, 0.717) is 0 Å². The molecule has 2 heterocycles. The van der Waals surface area contributed by atoms with Crippen LogP contribution in [-0.2, 0) is 5.54 Å².